The number of hydrogen-bond acceptors (Lipinski definition) is 4. The molecule has 4 unspecified atom stereocenters. The lowest BCUT2D eigenvalue weighted by Crippen LogP contribution is -2.44. The van der Waals surface area contributed by atoms with E-state index in [1.165, 1.54) is 21.8 Å². The summed E-state index contributed by atoms with van der Waals surface area (Å²) in [5.41, 5.74) is 1.19. The molecule has 0 radical (unpaired) electrons. The van der Waals surface area contributed by atoms with E-state index in [2.05, 4.69) is 27.1 Å². The molecule has 1 aromatic rings. The SMILES string of the molecule is CCC(C)C(=O)OC12Sc3ccc(C=P)cc3SC1C1CC2=I1. The topological polar surface area (TPSA) is 26.3 Å². The van der Waals surface area contributed by atoms with E-state index in [1.807, 2.05) is 31.4 Å². The highest BCUT2D eigenvalue weighted by molar-refractivity contribution is 14.2. The molecule has 1 fully saturated rings. The van der Waals surface area contributed by atoms with Crippen molar-refractivity contribution >= 4 is 68.4 Å². The van der Waals surface area contributed by atoms with Gasteiger partial charge in [-0.1, -0.05) is 31.7 Å². The van der Waals surface area contributed by atoms with Crippen LogP contribution in [-0.4, -0.2) is 29.4 Å². The second-order valence-electron chi connectivity index (χ2n) is 6.12. The Balaban J connectivity index is 1.69. The predicted molar refractivity (Wildman–Crippen MR) is 111 cm³/mol. The van der Waals surface area contributed by atoms with E-state index in [1.54, 1.807) is 15.3 Å². The van der Waals surface area contributed by atoms with Gasteiger partial charge in [-0.2, -0.15) is 0 Å². The maximum absolute atomic E-state index is 12.5. The van der Waals surface area contributed by atoms with E-state index in [-0.39, 0.29) is 37.6 Å². The quantitative estimate of drug-likeness (QED) is 0.271. The molecule has 0 amide bonds. The maximum Gasteiger partial charge on any atom is 0.310 e. The van der Waals surface area contributed by atoms with Gasteiger partial charge in [-0.3, -0.25) is 4.79 Å². The number of carbonyl (C=O) groups excluding carboxylic acids is 1. The molecule has 0 N–H and O–H groups in total. The molecule has 2 nitrogen and oxygen atoms in total. The lowest BCUT2D eigenvalue weighted by Gasteiger charge is -2.37. The van der Waals surface area contributed by atoms with Crippen LogP contribution in [0.5, 0.6) is 0 Å². The number of hydrogen-bond donors (Lipinski definition) is 0. The normalized spacial score (nSPS) is 31.7. The summed E-state index contributed by atoms with van der Waals surface area (Å²) in [5.74, 6) is 1.91. The predicted octanol–water partition coefficient (Wildman–Crippen LogP) is 4.76. The molecule has 122 valence electrons. The van der Waals surface area contributed by atoms with E-state index in [0.717, 1.165) is 10.3 Å². The minimum Gasteiger partial charge on any atom is -0.441 e. The van der Waals surface area contributed by atoms with Gasteiger partial charge in [0.15, 0.2) is 0 Å². The van der Waals surface area contributed by atoms with Crippen molar-refractivity contribution in [2.45, 2.75) is 50.6 Å². The Hall–Kier alpha value is 0.160. The first-order valence-electron chi connectivity index (χ1n) is 7.80. The summed E-state index contributed by atoms with van der Waals surface area (Å²) in [6.45, 7) is 4.02. The molecule has 5 rings (SSSR count). The van der Waals surface area contributed by atoms with Gasteiger partial charge in [0.2, 0.25) is 4.93 Å². The highest BCUT2D eigenvalue weighted by Gasteiger charge is 2.63. The smallest absolute Gasteiger partial charge is 0.310 e. The second-order valence-corrected chi connectivity index (χ2v) is 12.4. The first-order chi connectivity index (χ1) is 11.1. The van der Waals surface area contributed by atoms with Crippen LogP contribution in [-0.2, 0) is 9.53 Å². The van der Waals surface area contributed by atoms with Gasteiger partial charge in [-0.05, 0) is 36.3 Å². The summed E-state index contributed by atoms with van der Waals surface area (Å²) >= 11 is 3.81. The van der Waals surface area contributed by atoms with Crippen molar-refractivity contribution in [1.82, 2.24) is 0 Å². The van der Waals surface area contributed by atoms with E-state index in [9.17, 15) is 4.79 Å². The van der Waals surface area contributed by atoms with E-state index in [4.69, 9.17) is 4.74 Å². The fraction of sp³-hybridized carbons (Fsp3) is 0.471. The molecule has 1 saturated carbocycles. The molecule has 2 bridgehead atoms. The average Bonchev–Trinajstić information content (AvgIpc) is 2.97. The van der Waals surface area contributed by atoms with Crippen molar-refractivity contribution in [2.75, 3.05) is 0 Å². The molecule has 6 heteroatoms. The molecule has 23 heavy (non-hydrogen) atoms. The Kier molecular flexibility index (Phi) is 4.45. The van der Waals surface area contributed by atoms with Crippen LogP contribution in [0.4, 0.5) is 0 Å². The standard InChI is InChI=1S/C17H18IO2PS2/c1-3-9(2)16(19)20-17-14-7-11(18-14)15(17)22-13-6-10(8-21)4-5-12(13)23-17/h4-6,8-9,11,15,21H,3,7H2,1-2H3. The summed E-state index contributed by atoms with van der Waals surface area (Å²) < 4.78 is 8.52. The van der Waals surface area contributed by atoms with Crippen LogP contribution in [0.3, 0.4) is 0 Å². The third-order valence-corrected chi connectivity index (χ3v) is 13.0. The Morgan fingerprint density at radius 2 is 2.35 bits per heavy atom. The van der Waals surface area contributed by atoms with Gasteiger partial charge < -0.3 is 4.74 Å². The Bertz CT molecular complexity index is 735. The van der Waals surface area contributed by atoms with E-state index in [0.29, 0.717) is 5.25 Å². The van der Waals surface area contributed by atoms with E-state index < -0.39 is 0 Å². The van der Waals surface area contributed by atoms with Crippen molar-refractivity contribution in [3.05, 3.63) is 23.8 Å². The van der Waals surface area contributed by atoms with Crippen molar-refractivity contribution in [3.63, 3.8) is 0 Å². The summed E-state index contributed by atoms with van der Waals surface area (Å²) in [4.78, 5) is 14.7. The number of halogens is 1. The van der Waals surface area contributed by atoms with Crippen LogP contribution in [0.2, 0.25) is 0 Å². The first kappa shape index (κ1) is 16.6. The number of carbonyl (C=O) groups is 1. The monoisotopic (exact) mass is 476 g/mol. The highest BCUT2D eigenvalue weighted by Crippen LogP contribution is 2.65. The summed E-state index contributed by atoms with van der Waals surface area (Å²) in [5, 5.41) is 0.417. The van der Waals surface area contributed by atoms with Crippen LogP contribution >= 0.6 is 53.1 Å². The van der Waals surface area contributed by atoms with Gasteiger partial charge in [0, 0.05) is 17.2 Å². The molecule has 4 aliphatic rings. The van der Waals surface area contributed by atoms with Crippen LogP contribution < -0.4 is 0 Å². The zero-order valence-corrected chi connectivity index (χ0v) is 17.8. The zero-order valence-electron chi connectivity index (χ0n) is 13.0. The number of rotatable bonds is 4. The average molecular weight is 476 g/mol. The number of ether oxygens (including phenoxy) is 1. The largest absolute Gasteiger partial charge is 0.441 e. The molecule has 0 aromatic heterocycles. The Morgan fingerprint density at radius 3 is 3.04 bits per heavy atom. The van der Waals surface area contributed by atoms with Gasteiger partial charge in [-0.15, -0.1) is 41.4 Å². The molecule has 1 aromatic carbocycles. The highest BCUT2D eigenvalue weighted by atomic mass is 127. The number of esters is 1. The minimum absolute atomic E-state index is 0.0150. The minimum atomic E-state index is -0.366. The molecular formula is C17H18IO2PS2. The van der Waals surface area contributed by atoms with Gasteiger partial charge in [-0.25, -0.2) is 0 Å². The van der Waals surface area contributed by atoms with Crippen LogP contribution in [0, 0.1) is 5.92 Å². The zero-order chi connectivity index (χ0) is 16.2. The molecule has 4 atom stereocenters. The number of benzene rings is 1. The number of fused-ring (bicyclic) bond motifs is 1. The van der Waals surface area contributed by atoms with Crippen LogP contribution in [0.25, 0.3) is 0 Å². The second kappa shape index (κ2) is 6.15. The third kappa shape index (κ3) is 2.57. The van der Waals surface area contributed by atoms with E-state index >= 15 is 0 Å². The van der Waals surface area contributed by atoms with Crippen molar-refractivity contribution in [2.24, 2.45) is 5.92 Å². The fourth-order valence-electron chi connectivity index (χ4n) is 3.02. The molecule has 3 heterocycles. The Morgan fingerprint density at radius 1 is 1.57 bits per heavy atom. The first-order valence-corrected chi connectivity index (χ1v) is 12.4. The van der Waals surface area contributed by atoms with Gasteiger partial charge >= 0.3 is 5.97 Å². The van der Waals surface area contributed by atoms with Gasteiger partial charge in [0.05, 0.1) is 11.2 Å². The summed E-state index contributed by atoms with van der Waals surface area (Å²) in [6.07, 6.45) is 2.02. The third-order valence-electron chi connectivity index (χ3n) is 4.64. The van der Waals surface area contributed by atoms with Crippen LogP contribution in [0.15, 0.2) is 28.0 Å². The lowest BCUT2D eigenvalue weighted by atomic mass is 10.1. The molecule has 0 saturated heterocycles. The van der Waals surface area contributed by atoms with Crippen LogP contribution in [0.1, 0.15) is 32.3 Å². The summed E-state index contributed by atoms with van der Waals surface area (Å²) in [6, 6.07) is 6.52. The maximum atomic E-state index is 12.5. The molecular weight excluding hydrogens is 458 g/mol. The Labute approximate surface area is 157 Å². The number of thioether (sulfide) groups is 2. The molecule has 3 aliphatic heterocycles. The molecule has 0 spiro atoms. The molecule has 1 aliphatic carbocycles. The lowest BCUT2D eigenvalue weighted by molar-refractivity contribution is -0.151. The van der Waals surface area contributed by atoms with Gasteiger partial charge in [0.25, 0.3) is 0 Å². The number of alkyl halides is 1. The van der Waals surface area contributed by atoms with Gasteiger partial charge in [0.1, 0.15) is 0 Å². The van der Waals surface area contributed by atoms with Crippen molar-refractivity contribution in [1.29, 1.82) is 0 Å². The van der Waals surface area contributed by atoms with Crippen molar-refractivity contribution < 1.29 is 9.53 Å². The fourth-order valence-corrected chi connectivity index (χ4v) is 11.4. The van der Waals surface area contributed by atoms with Crippen molar-refractivity contribution in [3.8, 4) is 0 Å². The summed E-state index contributed by atoms with van der Waals surface area (Å²) in [7, 11) is 3.47.